The molecule has 0 aliphatic rings. The molecule has 0 aliphatic carbocycles. The predicted octanol–water partition coefficient (Wildman–Crippen LogP) is 3.57. The van der Waals surface area contributed by atoms with Crippen LogP contribution in [0.1, 0.15) is 45.8 Å². The third-order valence-corrected chi connectivity index (χ3v) is 6.75. The summed E-state index contributed by atoms with van der Waals surface area (Å²) < 4.78 is 10.8. The molecule has 9 nitrogen and oxygen atoms in total. The zero-order valence-corrected chi connectivity index (χ0v) is 22.3. The number of benzene rings is 3. The normalized spacial score (nSPS) is 12.7. The minimum atomic E-state index is -0.776. The highest BCUT2D eigenvalue weighted by atomic mass is 16.5. The summed E-state index contributed by atoms with van der Waals surface area (Å²) in [4.78, 5) is 16.1. The molecule has 9 heteroatoms. The highest BCUT2D eigenvalue weighted by Crippen LogP contribution is 2.28. The number of aromatic hydroxyl groups is 1. The average Bonchev–Trinajstić information content (AvgIpc) is 3.38. The lowest BCUT2D eigenvalue weighted by Gasteiger charge is -2.18. The van der Waals surface area contributed by atoms with Crippen LogP contribution in [0, 0.1) is 0 Å². The summed E-state index contributed by atoms with van der Waals surface area (Å²) in [5.74, 6) is 1.06. The summed E-state index contributed by atoms with van der Waals surface area (Å²) >= 11 is 0. The summed E-state index contributed by atoms with van der Waals surface area (Å²) in [5.41, 5.74) is 4.18. The van der Waals surface area contributed by atoms with E-state index in [0.717, 1.165) is 28.5 Å². The molecule has 39 heavy (non-hydrogen) atoms. The fraction of sp³-hybridized carbons (Fsp3) is 0.300. The van der Waals surface area contributed by atoms with Crippen LogP contribution in [0.4, 0.5) is 0 Å². The van der Waals surface area contributed by atoms with Crippen LogP contribution < -0.4 is 20.1 Å². The van der Waals surface area contributed by atoms with Crippen LogP contribution in [0.25, 0.3) is 10.9 Å². The van der Waals surface area contributed by atoms with Gasteiger partial charge in [-0.1, -0.05) is 18.2 Å². The highest BCUT2D eigenvalue weighted by molar-refractivity contribution is 5.98. The van der Waals surface area contributed by atoms with Crippen molar-refractivity contribution in [3.63, 3.8) is 0 Å². The second-order valence-electron chi connectivity index (χ2n) is 9.50. The van der Waals surface area contributed by atoms with E-state index < -0.39 is 6.10 Å². The number of rotatable bonds is 12. The van der Waals surface area contributed by atoms with E-state index in [1.807, 2.05) is 49.4 Å². The van der Waals surface area contributed by atoms with Gasteiger partial charge in [-0.25, -0.2) is 0 Å². The van der Waals surface area contributed by atoms with Crippen molar-refractivity contribution in [1.29, 1.82) is 0 Å². The summed E-state index contributed by atoms with van der Waals surface area (Å²) in [7, 11) is 3.16. The maximum absolute atomic E-state index is 12.9. The van der Waals surface area contributed by atoms with Gasteiger partial charge in [0.15, 0.2) is 0 Å². The lowest BCUT2D eigenvalue weighted by molar-refractivity contribution is 0.0946. The van der Waals surface area contributed by atoms with Crippen LogP contribution in [-0.2, 0) is 19.6 Å². The van der Waals surface area contributed by atoms with Gasteiger partial charge in [-0.15, -0.1) is 0 Å². The second kappa shape index (κ2) is 12.7. The first kappa shape index (κ1) is 28.0. The lowest BCUT2D eigenvalue weighted by Crippen LogP contribution is -2.32. The van der Waals surface area contributed by atoms with Crippen molar-refractivity contribution < 1.29 is 29.6 Å². The summed E-state index contributed by atoms with van der Waals surface area (Å²) in [5, 5.41) is 36.8. The molecule has 0 spiro atoms. The van der Waals surface area contributed by atoms with E-state index in [-0.39, 0.29) is 30.9 Å². The number of H-pyrrole nitrogens is 1. The van der Waals surface area contributed by atoms with Crippen molar-refractivity contribution in [1.82, 2.24) is 15.6 Å². The number of fused-ring (bicyclic) bond motifs is 1. The Morgan fingerprint density at radius 1 is 1.03 bits per heavy atom. The highest BCUT2D eigenvalue weighted by Gasteiger charge is 2.15. The Morgan fingerprint density at radius 3 is 2.46 bits per heavy atom. The van der Waals surface area contributed by atoms with Gasteiger partial charge in [0, 0.05) is 29.1 Å². The van der Waals surface area contributed by atoms with Crippen molar-refractivity contribution in [3.8, 4) is 17.2 Å². The Kier molecular flexibility index (Phi) is 9.08. The van der Waals surface area contributed by atoms with Gasteiger partial charge in [0.2, 0.25) is 0 Å². The molecule has 206 valence electrons. The van der Waals surface area contributed by atoms with Gasteiger partial charge in [-0.05, 0) is 66.9 Å². The summed E-state index contributed by atoms with van der Waals surface area (Å²) in [6.07, 6.45) is -0.0529. The van der Waals surface area contributed by atoms with Gasteiger partial charge in [0.25, 0.3) is 5.91 Å². The maximum atomic E-state index is 12.9. The quantitative estimate of drug-likeness (QED) is 0.164. The second-order valence-corrected chi connectivity index (χ2v) is 9.50. The zero-order valence-electron chi connectivity index (χ0n) is 22.3. The molecule has 1 aromatic heterocycles. The molecule has 3 aromatic carbocycles. The van der Waals surface area contributed by atoms with E-state index in [2.05, 4.69) is 15.6 Å². The molecule has 4 rings (SSSR count). The number of nitrogens with one attached hydrogen (secondary N) is 3. The SMILES string of the molecule is COc1cccc(OC)c1CNC(=O)c1cc2cc(C[C@@H](C)NC[C@H](O)c3ccc(O)c(CO)c3)ccc2[nH]1. The molecule has 1 heterocycles. The number of methoxy groups -OCH3 is 2. The van der Waals surface area contributed by atoms with Gasteiger partial charge in [-0.3, -0.25) is 4.79 Å². The van der Waals surface area contributed by atoms with Gasteiger partial charge < -0.3 is 40.4 Å². The molecule has 2 atom stereocenters. The van der Waals surface area contributed by atoms with E-state index in [1.165, 1.54) is 6.07 Å². The van der Waals surface area contributed by atoms with Crippen LogP contribution >= 0.6 is 0 Å². The van der Waals surface area contributed by atoms with Crippen molar-refractivity contribution >= 4 is 16.8 Å². The Balaban J connectivity index is 1.35. The molecular formula is C30H35N3O6. The van der Waals surface area contributed by atoms with Crippen LogP contribution in [-0.4, -0.2) is 53.0 Å². The molecule has 4 aromatic rings. The predicted molar refractivity (Wildman–Crippen MR) is 149 cm³/mol. The van der Waals surface area contributed by atoms with Crippen LogP contribution in [0.5, 0.6) is 17.2 Å². The molecule has 0 unspecified atom stereocenters. The fourth-order valence-electron chi connectivity index (χ4n) is 4.59. The lowest BCUT2D eigenvalue weighted by atomic mass is 10.0. The minimum Gasteiger partial charge on any atom is -0.508 e. The van der Waals surface area contributed by atoms with Crippen LogP contribution in [0.2, 0.25) is 0 Å². The number of carbonyl (C=O) groups excluding carboxylic acids is 1. The third kappa shape index (κ3) is 6.69. The van der Waals surface area contributed by atoms with Crippen molar-refractivity contribution in [2.24, 2.45) is 0 Å². The number of aromatic amines is 1. The topological polar surface area (TPSA) is 136 Å². The number of hydrogen-bond acceptors (Lipinski definition) is 7. The average molecular weight is 534 g/mol. The van der Waals surface area contributed by atoms with Gasteiger partial charge >= 0.3 is 0 Å². The van der Waals surface area contributed by atoms with E-state index in [1.54, 1.807) is 26.4 Å². The zero-order chi connectivity index (χ0) is 27.9. The van der Waals surface area contributed by atoms with E-state index >= 15 is 0 Å². The molecule has 0 saturated carbocycles. The number of hydrogen-bond donors (Lipinski definition) is 6. The van der Waals surface area contributed by atoms with E-state index in [9.17, 15) is 20.1 Å². The van der Waals surface area contributed by atoms with Crippen molar-refractivity contribution in [2.75, 3.05) is 20.8 Å². The number of aromatic nitrogens is 1. The smallest absolute Gasteiger partial charge is 0.268 e. The standard InChI is InChI=1S/C30H35N3O6/c1-18(31-16-27(36)20-8-10-26(35)22(13-20)17-34)11-19-7-9-24-21(12-19)14-25(33-24)30(37)32-15-23-28(38-2)5-4-6-29(23)39-3/h4-10,12-14,18,27,31,33-36H,11,15-17H2,1-3H3,(H,32,37)/t18-,27+/m1/s1. The molecule has 0 bridgehead atoms. The van der Waals surface area contributed by atoms with E-state index in [4.69, 9.17) is 9.47 Å². The number of amides is 1. The number of aliphatic hydroxyl groups excluding tert-OH is 2. The summed E-state index contributed by atoms with van der Waals surface area (Å²) in [6.45, 7) is 2.32. The van der Waals surface area contributed by atoms with Crippen molar-refractivity contribution in [3.05, 3.63) is 88.6 Å². The molecular weight excluding hydrogens is 498 g/mol. The molecule has 0 fully saturated rings. The van der Waals surface area contributed by atoms with Crippen LogP contribution in [0.3, 0.4) is 0 Å². The van der Waals surface area contributed by atoms with Crippen LogP contribution in [0.15, 0.2) is 60.7 Å². The van der Waals surface area contributed by atoms with Gasteiger partial charge in [0.05, 0.1) is 39.0 Å². The molecule has 1 amide bonds. The Labute approximate surface area is 227 Å². The number of phenols is 1. The minimum absolute atomic E-state index is 0.00669. The van der Waals surface area contributed by atoms with Gasteiger partial charge in [-0.2, -0.15) is 0 Å². The molecule has 6 N–H and O–H groups in total. The maximum Gasteiger partial charge on any atom is 0.268 e. The van der Waals surface area contributed by atoms with Gasteiger partial charge in [0.1, 0.15) is 22.9 Å². The Morgan fingerprint density at radius 2 is 1.77 bits per heavy atom. The number of aliphatic hydroxyl groups is 2. The Hall–Kier alpha value is -4.05. The molecule has 0 saturated heterocycles. The number of carbonyl (C=O) groups is 1. The summed E-state index contributed by atoms with van der Waals surface area (Å²) in [6, 6.07) is 18.1. The molecule has 0 radical (unpaired) electrons. The molecule has 0 aliphatic heterocycles. The van der Waals surface area contributed by atoms with E-state index in [0.29, 0.717) is 34.9 Å². The largest absolute Gasteiger partial charge is 0.508 e. The first-order valence-corrected chi connectivity index (χ1v) is 12.8. The monoisotopic (exact) mass is 533 g/mol. The first-order valence-electron chi connectivity index (χ1n) is 12.8. The van der Waals surface area contributed by atoms with Crippen molar-refractivity contribution in [2.45, 2.75) is 38.6 Å². The third-order valence-electron chi connectivity index (χ3n) is 6.75. The first-order chi connectivity index (χ1) is 18.8. The Bertz CT molecular complexity index is 1410. The fourth-order valence-corrected chi connectivity index (χ4v) is 4.59. The number of ether oxygens (including phenoxy) is 2.